The van der Waals surface area contributed by atoms with Gasteiger partial charge in [0.15, 0.2) is 5.78 Å². The molecule has 2 fully saturated rings. The van der Waals surface area contributed by atoms with Crippen molar-refractivity contribution in [3.8, 4) is 6.07 Å². The third-order valence-corrected chi connectivity index (χ3v) is 7.77. The predicted molar refractivity (Wildman–Crippen MR) is 158 cm³/mol. The van der Waals surface area contributed by atoms with Crippen LogP contribution in [0.4, 0.5) is 9.59 Å². The van der Waals surface area contributed by atoms with Gasteiger partial charge >= 0.3 is 18.2 Å². The minimum Gasteiger partial charge on any atom is -0.467 e. The molecule has 2 aliphatic rings. The van der Waals surface area contributed by atoms with Crippen LogP contribution in [0.2, 0.25) is 0 Å². The van der Waals surface area contributed by atoms with Gasteiger partial charge in [0.25, 0.3) is 0 Å². The second-order valence-corrected chi connectivity index (χ2v) is 10.9. The molecule has 2 aromatic rings. The minimum absolute atomic E-state index is 0.0545. The number of nitrogens with zero attached hydrogens (tertiary/aromatic N) is 3. The molecule has 2 saturated heterocycles. The molecule has 4 atom stereocenters. The van der Waals surface area contributed by atoms with Crippen LogP contribution in [-0.4, -0.2) is 66.0 Å². The van der Waals surface area contributed by atoms with E-state index in [0.29, 0.717) is 13.1 Å². The molecule has 43 heavy (non-hydrogen) atoms. The maximum absolute atomic E-state index is 12.3. The summed E-state index contributed by atoms with van der Waals surface area (Å²) in [5.74, 6) is -0.445. The first-order valence-corrected chi connectivity index (χ1v) is 14.7. The Morgan fingerprint density at radius 1 is 0.767 bits per heavy atom. The number of rotatable bonds is 7. The smallest absolute Gasteiger partial charge is 0.410 e. The zero-order valence-electron chi connectivity index (χ0n) is 25.1. The number of hydrogen-bond acceptors (Lipinski definition) is 8. The van der Waals surface area contributed by atoms with E-state index >= 15 is 0 Å². The topological polar surface area (TPSA) is 126 Å². The van der Waals surface area contributed by atoms with E-state index in [1.54, 1.807) is 0 Å². The number of ether oxygens (including phenoxy) is 3. The summed E-state index contributed by atoms with van der Waals surface area (Å²) in [5, 5.41) is 8.72. The monoisotopic (exact) mass is 591 g/mol. The number of methoxy groups -OCH3 is 1. The largest absolute Gasteiger partial charge is 0.467 e. The lowest BCUT2D eigenvalue weighted by Crippen LogP contribution is -2.52. The highest BCUT2D eigenvalue weighted by Crippen LogP contribution is 2.26. The van der Waals surface area contributed by atoms with Crippen LogP contribution < -0.4 is 0 Å². The van der Waals surface area contributed by atoms with Gasteiger partial charge in [-0.15, -0.1) is 0 Å². The van der Waals surface area contributed by atoms with Crippen molar-refractivity contribution in [2.24, 2.45) is 11.8 Å². The molecule has 0 aromatic heterocycles. The molecule has 0 N–H and O–H groups in total. The van der Waals surface area contributed by atoms with E-state index in [4.69, 9.17) is 19.5 Å². The fourth-order valence-corrected chi connectivity index (χ4v) is 5.54. The molecule has 10 nitrogen and oxygen atoms in total. The van der Waals surface area contributed by atoms with Crippen LogP contribution in [0.3, 0.4) is 0 Å². The van der Waals surface area contributed by atoms with Crippen molar-refractivity contribution in [2.45, 2.75) is 71.2 Å². The first-order valence-electron chi connectivity index (χ1n) is 14.7. The Kier molecular flexibility index (Phi) is 13.0. The van der Waals surface area contributed by atoms with Crippen molar-refractivity contribution in [1.29, 1.82) is 5.26 Å². The fraction of sp³-hybridized carbons (Fsp3) is 0.485. The number of likely N-dealkylation sites (tertiary alicyclic amines) is 2. The Balaban J connectivity index is 0.000000236. The highest BCUT2D eigenvalue weighted by molar-refractivity contribution is 5.89. The fourth-order valence-electron chi connectivity index (χ4n) is 5.54. The maximum atomic E-state index is 12.3. The Bertz CT molecular complexity index is 1250. The van der Waals surface area contributed by atoms with E-state index < -0.39 is 24.3 Å². The maximum Gasteiger partial charge on any atom is 0.410 e. The van der Waals surface area contributed by atoms with Crippen molar-refractivity contribution in [3.63, 3.8) is 0 Å². The summed E-state index contributed by atoms with van der Waals surface area (Å²) in [6.45, 7) is 5.31. The third-order valence-electron chi connectivity index (χ3n) is 7.77. The molecular weight excluding hydrogens is 550 g/mol. The average Bonchev–Trinajstić information content (AvgIpc) is 3.03. The van der Waals surface area contributed by atoms with Gasteiger partial charge in [-0.25, -0.2) is 14.4 Å². The number of benzene rings is 2. The highest BCUT2D eigenvalue weighted by atomic mass is 16.6. The van der Waals surface area contributed by atoms with Crippen molar-refractivity contribution >= 4 is 23.9 Å². The van der Waals surface area contributed by atoms with Crippen molar-refractivity contribution in [1.82, 2.24) is 9.80 Å². The zero-order chi connectivity index (χ0) is 31.2. The normalized spacial score (nSPS) is 21.3. The number of ketones is 1. The van der Waals surface area contributed by atoms with Crippen molar-refractivity contribution < 1.29 is 33.4 Å². The van der Waals surface area contributed by atoms with E-state index in [9.17, 15) is 19.2 Å². The molecule has 0 spiro atoms. The molecule has 10 heteroatoms. The van der Waals surface area contributed by atoms with E-state index in [1.165, 1.54) is 16.9 Å². The second kappa shape index (κ2) is 16.9. The lowest BCUT2D eigenvalue weighted by Gasteiger charge is -2.37. The van der Waals surface area contributed by atoms with E-state index in [1.807, 2.05) is 80.6 Å². The summed E-state index contributed by atoms with van der Waals surface area (Å²) in [6, 6.07) is 19.7. The van der Waals surface area contributed by atoms with Crippen LogP contribution in [0.25, 0.3) is 0 Å². The molecular formula is C33H41N3O7. The van der Waals surface area contributed by atoms with Gasteiger partial charge in [0.1, 0.15) is 19.3 Å². The Morgan fingerprint density at radius 2 is 1.21 bits per heavy atom. The standard InChI is InChI=1S/C17H20N2O3.C16H21NO4/c1-13-6-5-11-19(16(13)15(20)9-10-18)17(21)22-12-14-7-3-2-4-8-14;1-12-7-6-10-17(14(12)15(18)20-2)16(19)21-11-13-8-4-3-5-9-13/h2-4,7-8,13,16H,5-6,9,11-12H2,1H3;3-5,8-9,12,14H,6-7,10-11H2,1-2H3. The second-order valence-electron chi connectivity index (χ2n) is 10.9. The van der Waals surface area contributed by atoms with Gasteiger partial charge in [0.05, 0.1) is 25.6 Å². The first-order chi connectivity index (χ1) is 20.8. The molecule has 2 aromatic carbocycles. The Hall–Kier alpha value is -4.39. The molecule has 0 saturated carbocycles. The summed E-state index contributed by atoms with van der Waals surface area (Å²) < 4.78 is 15.5. The van der Waals surface area contributed by atoms with E-state index in [0.717, 1.165) is 36.8 Å². The summed E-state index contributed by atoms with van der Waals surface area (Å²) >= 11 is 0. The molecule has 4 rings (SSSR count). The van der Waals surface area contributed by atoms with E-state index in [-0.39, 0.29) is 43.2 Å². The van der Waals surface area contributed by atoms with Crippen LogP contribution in [0.5, 0.6) is 0 Å². The number of carbonyl (C=O) groups excluding carboxylic acids is 4. The summed E-state index contributed by atoms with van der Waals surface area (Å²) in [4.78, 5) is 51.5. The minimum atomic E-state index is -0.549. The van der Waals surface area contributed by atoms with Crippen LogP contribution in [0.1, 0.15) is 57.1 Å². The molecule has 2 heterocycles. The van der Waals surface area contributed by atoms with Crippen LogP contribution in [0.15, 0.2) is 60.7 Å². The summed E-state index contributed by atoms with van der Waals surface area (Å²) in [7, 11) is 1.34. The number of piperidine rings is 2. The number of nitriles is 1. The van der Waals surface area contributed by atoms with E-state index in [2.05, 4.69) is 0 Å². The number of amides is 2. The SMILES string of the molecule is CC1CCCN(C(=O)OCc2ccccc2)C1C(=O)CC#N.COC(=O)C1C(C)CCCN1C(=O)OCc1ccccc1. The molecule has 2 amide bonds. The first kappa shape index (κ1) is 33.1. The lowest BCUT2D eigenvalue weighted by molar-refractivity contribution is -0.149. The molecule has 0 aliphatic carbocycles. The van der Waals surface area contributed by atoms with Gasteiger partial charge in [-0.05, 0) is 48.6 Å². The van der Waals surface area contributed by atoms with Crippen LogP contribution in [-0.2, 0) is 37.0 Å². The van der Waals surface area contributed by atoms with Crippen molar-refractivity contribution in [3.05, 3.63) is 71.8 Å². The molecule has 2 aliphatic heterocycles. The number of esters is 1. The molecule has 0 radical (unpaired) electrons. The van der Waals surface area contributed by atoms with Crippen molar-refractivity contribution in [2.75, 3.05) is 20.2 Å². The zero-order valence-corrected chi connectivity index (χ0v) is 25.1. The summed E-state index contributed by atoms with van der Waals surface area (Å²) in [6.07, 6.45) is 2.39. The quantitative estimate of drug-likeness (QED) is 0.305. The molecule has 4 unspecified atom stereocenters. The summed E-state index contributed by atoms with van der Waals surface area (Å²) in [5.41, 5.74) is 1.83. The predicted octanol–water partition coefficient (Wildman–Crippen LogP) is 5.50. The van der Waals surface area contributed by atoms with Gasteiger partial charge in [0.2, 0.25) is 0 Å². The van der Waals surface area contributed by atoms with Crippen LogP contribution in [0, 0.1) is 23.2 Å². The van der Waals surface area contributed by atoms with Gasteiger partial charge in [-0.1, -0.05) is 74.5 Å². The highest BCUT2D eigenvalue weighted by Gasteiger charge is 2.39. The van der Waals surface area contributed by atoms with Gasteiger partial charge < -0.3 is 14.2 Å². The lowest BCUT2D eigenvalue weighted by atomic mass is 9.87. The molecule has 230 valence electrons. The third kappa shape index (κ3) is 9.57. The average molecular weight is 592 g/mol. The number of Topliss-reactive ketones (excluding diaryl/α,β-unsaturated/α-hetero) is 1. The number of hydrogen-bond donors (Lipinski definition) is 0. The van der Waals surface area contributed by atoms with Gasteiger partial charge in [-0.2, -0.15) is 5.26 Å². The Morgan fingerprint density at radius 3 is 1.65 bits per heavy atom. The van der Waals surface area contributed by atoms with Crippen LogP contribution >= 0.6 is 0 Å². The number of carbonyl (C=O) groups is 4. The van der Waals surface area contributed by atoms with Gasteiger partial charge in [-0.3, -0.25) is 14.6 Å². The Labute approximate surface area is 253 Å². The van der Waals surface area contributed by atoms with Gasteiger partial charge in [0, 0.05) is 13.1 Å². The molecule has 0 bridgehead atoms.